The van der Waals surface area contributed by atoms with E-state index in [0.29, 0.717) is 18.7 Å². The largest absolute Gasteiger partial charge is 0.351 e. The monoisotopic (exact) mass is 283 g/mol. The first-order valence-electron chi connectivity index (χ1n) is 6.13. The molecule has 1 aromatic rings. The van der Waals surface area contributed by atoms with Crippen molar-refractivity contribution in [3.63, 3.8) is 0 Å². The number of nitrogens with one attached hydrogen (secondary N) is 2. The molecule has 1 aliphatic rings. The zero-order valence-corrected chi connectivity index (χ0v) is 11.2. The fourth-order valence-electron chi connectivity index (χ4n) is 1.56. The van der Waals surface area contributed by atoms with E-state index in [1.165, 1.54) is 24.3 Å². The van der Waals surface area contributed by atoms with Crippen molar-refractivity contribution in [1.29, 1.82) is 0 Å². The topological polar surface area (TPSA) is 101 Å². The van der Waals surface area contributed by atoms with Gasteiger partial charge in [0, 0.05) is 24.7 Å². The molecule has 0 aliphatic heterocycles. The Morgan fingerprint density at radius 2 is 1.89 bits per heavy atom. The summed E-state index contributed by atoms with van der Waals surface area (Å²) < 4.78 is 26.4. The predicted molar refractivity (Wildman–Crippen MR) is 71.2 cm³/mol. The first-order chi connectivity index (χ1) is 9.03. The molecule has 2 rings (SSSR count). The van der Waals surface area contributed by atoms with Crippen LogP contribution in [0.1, 0.15) is 23.2 Å². The molecule has 0 unspecified atom stereocenters. The zero-order valence-electron chi connectivity index (χ0n) is 10.4. The van der Waals surface area contributed by atoms with E-state index in [4.69, 9.17) is 5.73 Å². The lowest BCUT2D eigenvalue weighted by molar-refractivity contribution is 0.0954. The van der Waals surface area contributed by atoms with Gasteiger partial charge in [0.25, 0.3) is 5.91 Å². The van der Waals surface area contributed by atoms with E-state index >= 15 is 0 Å². The minimum atomic E-state index is -3.46. The van der Waals surface area contributed by atoms with Crippen molar-refractivity contribution < 1.29 is 13.2 Å². The summed E-state index contributed by atoms with van der Waals surface area (Å²) >= 11 is 0. The van der Waals surface area contributed by atoms with Gasteiger partial charge in [-0.2, -0.15) is 0 Å². The second-order valence-electron chi connectivity index (χ2n) is 4.46. The number of hydrogen-bond donors (Lipinski definition) is 3. The Balaban J connectivity index is 2.07. The first-order valence-corrected chi connectivity index (χ1v) is 7.62. The molecular weight excluding hydrogens is 266 g/mol. The van der Waals surface area contributed by atoms with Gasteiger partial charge < -0.3 is 11.1 Å². The Kier molecular flexibility index (Phi) is 4.18. The second kappa shape index (κ2) is 5.68. The van der Waals surface area contributed by atoms with Gasteiger partial charge in [0.2, 0.25) is 10.0 Å². The molecule has 0 atom stereocenters. The Bertz CT molecular complexity index is 550. The fraction of sp³-hybridized carbons (Fsp3) is 0.417. The first kappa shape index (κ1) is 14.0. The minimum Gasteiger partial charge on any atom is -0.351 e. The number of hydrogen-bond acceptors (Lipinski definition) is 4. The molecule has 4 N–H and O–H groups in total. The highest BCUT2D eigenvalue weighted by Crippen LogP contribution is 2.22. The molecule has 0 bridgehead atoms. The lowest BCUT2D eigenvalue weighted by Gasteiger charge is -2.07. The summed E-state index contributed by atoms with van der Waals surface area (Å²) in [7, 11) is -3.46. The molecule has 0 radical (unpaired) electrons. The van der Waals surface area contributed by atoms with Gasteiger partial charge >= 0.3 is 0 Å². The lowest BCUT2D eigenvalue weighted by Crippen LogP contribution is -2.29. The highest BCUT2D eigenvalue weighted by molar-refractivity contribution is 7.89. The van der Waals surface area contributed by atoms with Gasteiger partial charge in [-0.25, -0.2) is 13.1 Å². The molecule has 7 heteroatoms. The third-order valence-electron chi connectivity index (χ3n) is 2.76. The highest BCUT2D eigenvalue weighted by atomic mass is 32.2. The SMILES string of the molecule is NCCNC(=O)c1ccc(S(=O)(=O)NC2CC2)cc1. The molecule has 0 aromatic heterocycles. The van der Waals surface area contributed by atoms with Gasteiger partial charge in [-0.15, -0.1) is 0 Å². The Morgan fingerprint density at radius 1 is 1.26 bits per heavy atom. The van der Waals surface area contributed by atoms with Gasteiger partial charge in [0.1, 0.15) is 0 Å². The van der Waals surface area contributed by atoms with E-state index in [2.05, 4.69) is 10.0 Å². The average Bonchev–Trinajstić information content (AvgIpc) is 3.19. The Labute approximate surface area is 112 Å². The standard InChI is InChI=1S/C12H17N3O3S/c13-7-8-14-12(16)9-1-5-11(6-2-9)19(17,18)15-10-3-4-10/h1-2,5-6,10,15H,3-4,7-8,13H2,(H,14,16). The van der Waals surface area contributed by atoms with Crippen molar-refractivity contribution in [1.82, 2.24) is 10.0 Å². The molecule has 1 saturated carbocycles. The normalized spacial score (nSPS) is 15.2. The maximum atomic E-state index is 11.9. The molecule has 104 valence electrons. The van der Waals surface area contributed by atoms with Crippen LogP contribution < -0.4 is 15.8 Å². The summed E-state index contributed by atoms with van der Waals surface area (Å²) in [4.78, 5) is 11.8. The average molecular weight is 283 g/mol. The summed E-state index contributed by atoms with van der Waals surface area (Å²) in [5.41, 5.74) is 5.70. The molecule has 0 spiro atoms. The van der Waals surface area contributed by atoms with E-state index in [0.717, 1.165) is 12.8 Å². The maximum Gasteiger partial charge on any atom is 0.251 e. The summed E-state index contributed by atoms with van der Waals surface area (Å²) in [6.45, 7) is 0.756. The predicted octanol–water partition coefficient (Wildman–Crippen LogP) is -0.184. The van der Waals surface area contributed by atoms with Gasteiger partial charge in [0.15, 0.2) is 0 Å². The van der Waals surface area contributed by atoms with Crippen LogP contribution in [0.3, 0.4) is 0 Å². The highest BCUT2D eigenvalue weighted by Gasteiger charge is 2.27. The molecule has 0 saturated heterocycles. The maximum absolute atomic E-state index is 11.9. The van der Waals surface area contributed by atoms with Crippen molar-refractivity contribution in [3.05, 3.63) is 29.8 Å². The fourth-order valence-corrected chi connectivity index (χ4v) is 2.87. The third-order valence-corrected chi connectivity index (χ3v) is 4.29. The van der Waals surface area contributed by atoms with Gasteiger partial charge in [-0.3, -0.25) is 4.79 Å². The number of amides is 1. The van der Waals surface area contributed by atoms with Crippen LogP contribution >= 0.6 is 0 Å². The molecule has 1 aliphatic carbocycles. The molecule has 0 heterocycles. The number of carbonyl (C=O) groups excluding carboxylic acids is 1. The van der Waals surface area contributed by atoms with Gasteiger partial charge in [-0.1, -0.05) is 0 Å². The number of nitrogens with two attached hydrogens (primary N) is 1. The van der Waals surface area contributed by atoms with E-state index in [9.17, 15) is 13.2 Å². The molecular formula is C12H17N3O3S. The Hall–Kier alpha value is -1.44. The minimum absolute atomic E-state index is 0.0672. The van der Waals surface area contributed by atoms with Crippen molar-refractivity contribution in [2.24, 2.45) is 5.73 Å². The van der Waals surface area contributed by atoms with Crippen molar-refractivity contribution >= 4 is 15.9 Å². The number of rotatable bonds is 6. The number of benzene rings is 1. The molecule has 1 fully saturated rings. The van der Waals surface area contributed by atoms with Crippen LogP contribution in [0.2, 0.25) is 0 Å². The Morgan fingerprint density at radius 3 is 2.42 bits per heavy atom. The summed E-state index contributed by atoms with van der Waals surface area (Å²) in [5, 5.41) is 2.62. The van der Waals surface area contributed by atoms with Crippen LogP contribution in [0.25, 0.3) is 0 Å². The summed E-state index contributed by atoms with van der Waals surface area (Å²) in [6, 6.07) is 5.92. The summed E-state index contributed by atoms with van der Waals surface area (Å²) in [5.74, 6) is -0.260. The van der Waals surface area contributed by atoms with Crippen molar-refractivity contribution in [2.75, 3.05) is 13.1 Å². The van der Waals surface area contributed by atoms with E-state index in [1.54, 1.807) is 0 Å². The van der Waals surface area contributed by atoms with Crippen LogP contribution in [-0.4, -0.2) is 33.5 Å². The van der Waals surface area contributed by atoms with Crippen LogP contribution in [0, 0.1) is 0 Å². The lowest BCUT2D eigenvalue weighted by atomic mass is 10.2. The number of carbonyl (C=O) groups is 1. The molecule has 6 nitrogen and oxygen atoms in total. The molecule has 1 amide bonds. The smallest absolute Gasteiger partial charge is 0.251 e. The third kappa shape index (κ3) is 3.76. The zero-order chi connectivity index (χ0) is 13.9. The van der Waals surface area contributed by atoms with Crippen LogP contribution in [0.4, 0.5) is 0 Å². The molecule has 19 heavy (non-hydrogen) atoms. The van der Waals surface area contributed by atoms with Crippen LogP contribution in [-0.2, 0) is 10.0 Å². The van der Waals surface area contributed by atoms with Gasteiger partial charge in [0.05, 0.1) is 4.90 Å². The number of sulfonamides is 1. The van der Waals surface area contributed by atoms with E-state index < -0.39 is 10.0 Å². The van der Waals surface area contributed by atoms with E-state index in [1.807, 2.05) is 0 Å². The van der Waals surface area contributed by atoms with Crippen molar-refractivity contribution in [2.45, 2.75) is 23.8 Å². The van der Waals surface area contributed by atoms with Crippen molar-refractivity contribution in [3.8, 4) is 0 Å². The quantitative estimate of drug-likeness (QED) is 0.674. The second-order valence-corrected chi connectivity index (χ2v) is 6.18. The molecule has 1 aromatic carbocycles. The summed E-state index contributed by atoms with van der Waals surface area (Å²) in [6.07, 6.45) is 1.78. The van der Waals surface area contributed by atoms with Gasteiger partial charge in [-0.05, 0) is 37.1 Å². The van der Waals surface area contributed by atoms with Crippen LogP contribution in [0.5, 0.6) is 0 Å². The van der Waals surface area contributed by atoms with Crippen LogP contribution in [0.15, 0.2) is 29.2 Å². The van der Waals surface area contributed by atoms with E-state index in [-0.39, 0.29) is 16.8 Å².